The maximum Gasteiger partial charge on any atom is 0.336 e. The Bertz CT molecular complexity index is 987. The Morgan fingerprint density at radius 2 is 1.93 bits per heavy atom. The number of nitrogens with one attached hydrogen (secondary N) is 1. The van der Waals surface area contributed by atoms with Crippen molar-refractivity contribution >= 4 is 11.6 Å². The number of aromatic nitrogens is 3. The Hall–Kier alpha value is -3.39. The number of hydrogen-bond donors (Lipinski definition) is 1. The molecule has 1 N–H and O–H groups in total. The highest BCUT2D eigenvalue weighted by atomic mass is 16.5. The Balaban J connectivity index is 1.98. The van der Waals surface area contributed by atoms with E-state index in [1.807, 2.05) is 62.4 Å². The highest BCUT2D eigenvalue weighted by Crippen LogP contribution is 2.27. The van der Waals surface area contributed by atoms with Gasteiger partial charge < -0.3 is 19.5 Å². The minimum absolute atomic E-state index is 0.0568. The summed E-state index contributed by atoms with van der Waals surface area (Å²) in [4.78, 5) is 16.3. The lowest BCUT2D eigenvalue weighted by Gasteiger charge is -2.09. The predicted octanol–water partition coefficient (Wildman–Crippen LogP) is 3.71. The summed E-state index contributed by atoms with van der Waals surface area (Å²) in [5.41, 5.74) is 2.25. The van der Waals surface area contributed by atoms with Gasteiger partial charge in [-0.3, -0.25) is 4.79 Å². The van der Waals surface area contributed by atoms with Crippen LogP contribution in [0.5, 0.6) is 11.8 Å². The van der Waals surface area contributed by atoms with E-state index in [4.69, 9.17) is 14.2 Å². The molecule has 0 saturated heterocycles. The molecular formula is C22H26N4O4. The third-order valence-corrected chi connectivity index (χ3v) is 4.27. The fraction of sp³-hybridized carbons (Fsp3) is 0.318. The molecule has 0 atom stereocenters. The molecule has 1 amide bonds. The van der Waals surface area contributed by atoms with Crippen molar-refractivity contribution in [1.29, 1.82) is 0 Å². The van der Waals surface area contributed by atoms with E-state index in [1.54, 1.807) is 11.8 Å². The summed E-state index contributed by atoms with van der Waals surface area (Å²) in [7, 11) is 1.62. The largest absolute Gasteiger partial charge is 0.497 e. The summed E-state index contributed by atoms with van der Waals surface area (Å²) < 4.78 is 18.0. The molecule has 0 unspecified atom stereocenters. The van der Waals surface area contributed by atoms with E-state index in [0.29, 0.717) is 43.5 Å². The zero-order valence-corrected chi connectivity index (χ0v) is 17.4. The van der Waals surface area contributed by atoms with Crippen molar-refractivity contribution in [3.63, 3.8) is 0 Å². The SMILES string of the molecule is CCOCCOc1nc(-c2cccc(OC)c2)n(-c2cccc(NC(=O)CC)c2)n1. The van der Waals surface area contributed by atoms with E-state index in [-0.39, 0.29) is 11.9 Å². The van der Waals surface area contributed by atoms with Crippen molar-refractivity contribution < 1.29 is 19.0 Å². The van der Waals surface area contributed by atoms with Crippen LogP contribution in [0.2, 0.25) is 0 Å². The molecule has 0 aliphatic rings. The van der Waals surface area contributed by atoms with E-state index >= 15 is 0 Å². The van der Waals surface area contributed by atoms with Crippen LogP contribution in [0, 0.1) is 0 Å². The van der Waals surface area contributed by atoms with E-state index in [0.717, 1.165) is 11.3 Å². The van der Waals surface area contributed by atoms with Gasteiger partial charge in [-0.2, -0.15) is 4.98 Å². The standard InChI is InChI=1S/C22H26N4O4/c1-4-20(27)23-17-9-7-10-18(15-17)26-21(16-8-6-11-19(14-16)28-3)24-22(25-26)30-13-12-29-5-2/h6-11,14-15H,4-5,12-13H2,1-3H3,(H,23,27). The fourth-order valence-electron chi connectivity index (χ4n) is 2.78. The van der Waals surface area contributed by atoms with Gasteiger partial charge >= 0.3 is 6.01 Å². The lowest BCUT2D eigenvalue weighted by Crippen LogP contribution is -2.10. The number of rotatable bonds is 10. The van der Waals surface area contributed by atoms with Gasteiger partial charge in [0, 0.05) is 24.3 Å². The highest BCUT2D eigenvalue weighted by molar-refractivity contribution is 5.90. The Kier molecular flexibility index (Phi) is 7.40. The molecule has 1 heterocycles. The third kappa shape index (κ3) is 5.36. The zero-order chi connectivity index (χ0) is 21.3. The number of anilines is 1. The van der Waals surface area contributed by atoms with Crippen molar-refractivity contribution in [3.8, 4) is 28.8 Å². The molecule has 30 heavy (non-hydrogen) atoms. The van der Waals surface area contributed by atoms with E-state index in [9.17, 15) is 4.79 Å². The molecule has 0 bridgehead atoms. The number of hydrogen-bond acceptors (Lipinski definition) is 6. The van der Waals surface area contributed by atoms with Gasteiger partial charge in [-0.05, 0) is 37.3 Å². The summed E-state index contributed by atoms with van der Waals surface area (Å²) in [5.74, 6) is 1.25. The van der Waals surface area contributed by atoms with Crippen molar-refractivity contribution in [2.45, 2.75) is 20.3 Å². The maximum absolute atomic E-state index is 11.8. The van der Waals surface area contributed by atoms with Crippen LogP contribution in [-0.4, -0.2) is 47.6 Å². The van der Waals surface area contributed by atoms with Crippen LogP contribution in [0.3, 0.4) is 0 Å². The molecular weight excluding hydrogens is 384 g/mol. The Labute approximate surface area is 175 Å². The molecule has 3 aromatic rings. The molecule has 0 spiro atoms. The first-order chi connectivity index (χ1) is 14.6. The van der Waals surface area contributed by atoms with Crippen molar-refractivity contribution in [3.05, 3.63) is 48.5 Å². The number of nitrogens with zero attached hydrogens (tertiary/aromatic N) is 3. The topological polar surface area (TPSA) is 87.5 Å². The van der Waals surface area contributed by atoms with Crippen LogP contribution >= 0.6 is 0 Å². The number of ether oxygens (including phenoxy) is 3. The van der Waals surface area contributed by atoms with Crippen LogP contribution in [0.15, 0.2) is 48.5 Å². The van der Waals surface area contributed by atoms with Gasteiger partial charge in [0.15, 0.2) is 5.82 Å². The van der Waals surface area contributed by atoms with Crippen LogP contribution in [0.1, 0.15) is 20.3 Å². The number of carbonyl (C=O) groups excluding carboxylic acids is 1. The first-order valence-electron chi connectivity index (χ1n) is 9.87. The molecule has 1 aromatic heterocycles. The van der Waals surface area contributed by atoms with Gasteiger partial charge in [0.05, 0.1) is 19.4 Å². The summed E-state index contributed by atoms with van der Waals surface area (Å²) in [6, 6.07) is 15.2. The van der Waals surface area contributed by atoms with Crippen molar-refractivity contribution in [2.75, 3.05) is 32.2 Å². The third-order valence-electron chi connectivity index (χ3n) is 4.27. The molecule has 2 aromatic carbocycles. The van der Waals surface area contributed by atoms with Crippen LogP contribution in [0.4, 0.5) is 5.69 Å². The molecule has 8 nitrogen and oxygen atoms in total. The van der Waals surface area contributed by atoms with Gasteiger partial charge in [0.25, 0.3) is 0 Å². The van der Waals surface area contributed by atoms with Gasteiger partial charge in [0.1, 0.15) is 12.4 Å². The van der Waals surface area contributed by atoms with E-state index in [1.165, 1.54) is 0 Å². The number of carbonyl (C=O) groups is 1. The Morgan fingerprint density at radius 3 is 2.70 bits per heavy atom. The van der Waals surface area contributed by atoms with Gasteiger partial charge in [-0.15, -0.1) is 5.10 Å². The number of amides is 1. The van der Waals surface area contributed by atoms with E-state index in [2.05, 4.69) is 15.4 Å². The average Bonchev–Trinajstić information content (AvgIpc) is 3.21. The second-order valence-corrected chi connectivity index (χ2v) is 6.36. The minimum atomic E-state index is -0.0568. The molecule has 0 aliphatic heterocycles. The average molecular weight is 410 g/mol. The Morgan fingerprint density at radius 1 is 1.10 bits per heavy atom. The molecule has 0 fully saturated rings. The smallest absolute Gasteiger partial charge is 0.336 e. The number of methoxy groups -OCH3 is 1. The molecule has 3 rings (SSSR count). The number of benzene rings is 2. The lowest BCUT2D eigenvalue weighted by molar-refractivity contribution is -0.115. The monoisotopic (exact) mass is 410 g/mol. The van der Waals surface area contributed by atoms with Gasteiger partial charge in [-0.1, -0.05) is 25.1 Å². The first-order valence-corrected chi connectivity index (χ1v) is 9.87. The van der Waals surface area contributed by atoms with Crippen molar-refractivity contribution in [1.82, 2.24) is 14.8 Å². The fourth-order valence-corrected chi connectivity index (χ4v) is 2.78. The minimum Gasteiger partial charge on any atom is -0.497 e. The van der Waals surface area contributed by atoms with Gasteiger partial charge in [0.2, 0.25) is 5.91 Å². The molecule has 0 saturated carbocycles. The quantitative estimate of drug-likeness (QED) is 0.513. The lowest BCUT2D eigenvalue weighted by atomic mass is 10.2. The van der Waals surface area contributed by atoms with E-state index < -0.39 is 0 Å². The van der Waals surface area contributed by atoms with Crippen LogP contribution in [-0.2, 0) is 9.53 Å². The van der Waals surface area contributed by atoms with Crippen molar-refractivity contribution in [2.24, 2.45) is 0 Å². The summed E-state index contributed by atoms with van der Waals surface area (Å²) in [6.07, 6.45) is 0.403. The molecule has 0 radical (unpaired) electrons. The second kappa shape index (κ2) is 10.4. The highest BCUT2D eigenvalue weighted by Gasteiger charge is 2.16. The second-order valence-electron chi connectivity index (χ2n) is 6.36. The van der Waals surface area contributed by atoms with Gasteiger partial charge in [-0.25, -0.2) is 4.68 Å². The zero-order valence-electron chi connectivity index (χ0n) is 17.4. The predicted molar refractivity (Wildman–Crippen MR) is 114 cm³/mol. The maximum atomic E-state index is 11.8. The molecule has 8 heteroatoms. The van der Waals surface area contributed by atoms with Crippen LogP contribution in [0.25, 0.3) is 17.1 Å². The summed E-state index contributed by atoms with van der Waals surface area (Å²) in [5, 5.41) is 7.39. The molecule has 0 aliphatic carbocycles. The molecule has 158 valence electrons. The summed E-state index contributed by atoms with van der Waals surface area (Å²) >= 11 is 0. The summed E-state index contributed by atoms with van der Waals surface area (Å²) in [6.45, 7) is 5.16. The normalized spacial score (nSPS) is 10.6. The van der Waals surface area contributed by atoms with Crippen LogP contribution < -0.4 is 14.8 Å². The first kappa shape index (κ1) is 21.3.